The SMILES string of the molecule is CC[C@H](C)NC(=O)[C@H](CC)N(Cc1ccc(Cl)cc1Cl)C(=O)COc1ccc(C(C)C)cc1Br. The Hall–Kier alpha value is -1.76. The Kier molecular flexibility index (Phi) is 11.2. The van der Waals surface area contributed by atoms with Crippen molar-refractivity contribution in [1.29, 1.82) is 0 Å². The molecule has 186 valence electrons. The lowest BCUT2D eigenvalue weighted by molar-refractivity contribution is -0.143. The van der Waals surface area contributed by atoms with Crippen molar-refractivity contribution in [1.82, 2.24) is 10.2 Å². The molecule has 0 fully saturated rings. The molecular weight excluding hydrogens is 539 g/mol. The van der Waals surface area contributed by atoms with Gasteiger partial charge in [-0.1, -0.05) is 63.0 Å². The smallest absolute Gasteiger partial charge is 0.261 e. The highest BCUT2D eigenvalue weighted by molar-refractivity contribution is 9.10. The number of amides is 2. The van der Waals surface area contributed by atoms with Crippen LogP contribution in [-0.2, 0) is 16.1 Å². The number of hydrogen-bond donors (Lipinski definition) is 1. The lowest BCUT2D eigenvalue weighted by Gasteiger charge is -2.31. The van der Waals surface area contributed by atoms with Gasteiger partial charge in [-0.25, -0.2) is 0 Å². The second kappa shape index (κ2) is 13.4. The van der Waals surface area contributed by atoms with E-state index in [1.807, 2.05) is 39.0 Å². The first kappa shape index (κ1) is 28.5. The normalized spacial score (nSPS) is 12.9. The summed E-state index contributed by atoms with van der Waals surface area (Å²) in [5.41, 5.74) is 1.87. The molecule has 0 aliphatic heterocycles. The van der Waals surface area contributed by atoms with E-state index in [1.165, 1.54) is 4.90 Å². The number of nitrogens with one attached hydrogen (secondary N) is 1. The highest BCUT2D eigenvalue weighted by Gasteiger charge is 2.30. The van der Waals surface area contributed by atoms with Gasteiger partial charge in [0.05, 0.1) is 4.47 Å². The minimum Gasteiger partial charge on any atom is -0.483 e. The topological polar surface area (TPSA) is 58.6 Å². The third-order valence-corrected chi connectivity index (χ3v) is 6.92. The second-order valence-electron chi connectivity index (χ2n) is 8.63. The monoisotopic (exact) mass is 570 g/mol. The third-order valence-electron chi connectivity index (χ3n) is 5.72. The van der Waals surface area contributed by atoms with Gasteiger partial charge >= 0.3 is 0 Å². The molecule has 0 aliphatic carbocycles. The van der Waals surface area contributed by atoms with Gasteiger partial charge < -0.3 is 15.0 Å². The third kappa shape index (κ3) is 7.89. The fourth-order valence-corrected chi connectivity index (χ4v) is 4.39. The molecule has 0 bridgehead atoms. The van der Waals surface area contributed by atoms with Crippen LogP contribution in [0.15, 0.2) is 40.9 Å². The molecule has 2 aromatic rings. The van der Waals surface area contributed by atoms with E-state index < -0.39 is 6.04 Å². The van der Waals surface area contributed by atoms with Crippen LogP contribution in [0.25, 0.3) is 0 Å². The Labute approximate surface area is 221 Å². The highest BCUT2D eigenvalue weighted by Crippen LogP contribution is 2.29. The molecule has 34 heavy (non-hydrogen) atoms. The second-order valence-corrected chi connectivity index (χ2v) is 10.3. The van der Waals surface area contributed by atoms with E-state index in [0.717, 1.165) is 16.5 Å². The molecule has 0 aliphatic rings. The van der Waals surface area contributed by atoms with Crippen molar-refractivity contribution in [2.45, 2.75) is 72.0 Å². The molecule has 1 N–H and O–H groups in total. The largest absolute Gasteiger partial charge is 0.483 e. The van der Waals surface area contributed by atoms with E-state index in [4.69, 9.17) is 27.9 Å². The molecule has 0 saturated heterocycles. The van der Waals surface area contributed by atoms with Gasteiger partial charge in [-0.05, 0) is 77.0 Å². The fourth-order valence-electron chi connectivity index (χ4n) is 3.41. The maximum atomic E-state index is 13.4. The van der Waals surface area contributed by atoms with Crippen LogP contribution in [0.1, 0.15) is 64.5 Å². The molecule has 0 aromatic heterocycles. The van der Waals surface area contributed by atoms with Crippen molar-refractivity contribution in [3.8, 4) is 5.75 Å². The first-order valence-electron chi connectivity index (χ1n) is 11.5. The number of halogens is 3. The number of carbonyl (C=O) groups excluding carboxylic acids is 2. The van der Waals surface area contributed by atoms with Crippen molar-refractivity contribution in [2.24, 2.45) is 0 Å². The first-order chi connectivity index (χ1) is 16.1. The average molecular weight is 572 g/mol. The lowest BCUT2D eigenvalue weighted by Crippen LogP contribution is -2.51. The zero-order valence-corrected chi connectivity index (χ0v) is 23.4. The Morgan fingerprint density at radius 1 is 1.06 bits per heavy atom. The van der Waals surface area contributed by atoms with Crippen molar-refractivity contribution in [2.75, 3.05) is 6.61 Å². The number of carbonyl (C=O) groups is 2. The lowest BCUT2D eigenvalue weighted by atomic mass is 10.0. The number of rotatable bonds is 11. The number of nitrogens with zero attached hydrogens (tertiary/aromatic N) is 1. The Bertz CT molecular complexity index is 1000. The van der Waals surface area contributed by atoms with Crippen LogP contribution in [0.2, 0.25) is 10.0 Å². The van der Waals surface area contributed by atoms with Crippen molar-refractivity contribution in [3.05, 3.63) is 62.0 Å². The quantitative estimate of drug-likeness (QED) is 0.316. The summed E-state index contributed by atoms with van der Waals surface area (Å²) >= 11 is 16.0. The predicted molar refractivity (Wildman–Crippen MR) is 143 cm³/mol. The van der Waals surface area contributed by atoms with Gasteiger partial charge in [0.25, 0.3) is 5.91 Å². The Balaban J connectivity index is 2.28. The Morgan fingerprint density at radius 3 is 2.32 bits per heavy atom. The molecule has 0 spiro atoms. The van der Waals surface area contributed by atoms with E-state index in [9.17, 15) is 9.59 Å². The zero-order valence-electron chi connectivity index (χ0n) is 20.3. The van der Waals surface area contributed by atoms with Gasteiger partial charge in [-0.3, -0.25) is 9.59 Å². The molecule has 2 amide bonds. The van der Waals surface area contributed by atoms with E-state index in [0.29, 0.717) is 33.7 Å². The summed E-state index contributed by atoms with van der Waals surface area (Å²) in [6.07, 6.45) is 1.24. The Morgan fingerprint density at radius 2 is 1.76 bits per heavy atom. The van der Waals surface area contributed by atoms with Gasteiger partial charge in [0.1, 0.15) is 11.8 Å². The molecule has 2 atom stereocenters. The van der Waals surface area contributed by atoms with Crippen LogP contribution in [0, 0.1) is 0 Å². The molecule has 0 radical (unpaired) electrons. The summed E-state index contributed by atoms with van der Waals surface area (Å²) in [5, 5.41) is 3.94. The molecule has 8 heteroatoms. The van der Waals surface area contributed by atoms with Crippen LogP contribution >= 0.6 is 39.1 Å². The molecule has 5 nitrogen and oxygen atoms in total. The molecule has 2 rings (SSSR count). The maximum Gasteiger partial charge on any atom is 0.261 e. The van der Waals surface area contributed by atoms with Crippen LogP contribution in [0.4, 0.5) is 0 Å². The van der Waals surface area contributed by atoms with Gasteiger partial charge in [0.15, 0.2) is 6.61 Å². The van der Waals surface area contributed by atoms with E-state index in [2.05, 4.69) is 35.1 Å². The van der Waals surface area contributed by atoms with Crippen LogP contribution in [-0.4, -0.2) is 35.4 Å². The van der Waals surface area contributed by atoms with Crippen LogP contribution in [0.3, 0.4) is 0 Å². The van der Waals surface area contributed by atoms with Crippen LogP contribution < -0.4 is 10.1 Å². The van der Waals surface area contributed by atoms with E-state index >= 15 is 0 Å². The predicted octanol–water partition coefficient (Wildman–Crippen LogP) is 6.98. The minimum atomic E-state index is -0.663. The van der Waals surface area contributed by atoms with Gasteiger partial charge in [0, 0.05) is 22.6 Å². The summed E-state index contributed by atoms with van der Waals surface area (Å²) < 4.78 is 6.63. The first-order valence-corrected chi connectivity index (χ1v) is 13.1. The van der Waals surface area contributed by atoms with E-state index in [-0.39, 0.29) is 31.0 Å². The van der Waals surface area contributed by atoms with Crippen LogP contribution in [0.5, 0.6) is 5.75 Å². The summed E-state index contributed by atoms with van der Waals surface area (Å²) in [4.78, 5) is 28.0. The van der Waals surface area contributed by atoms with Crippen molar-refractivity contribution < 1.29 is 14.3 Å². The summed E-state index contributed by atoms with van der Waals surface area (Å²) in [6, 6.07) is 10.3. The number of ether oxygens (including phenoxy) is 1. The average Bonchev–Trinajstić information content (AvgIpc) is 2.78. The van der Waals surface area contributed by atoms with Crippen molar-refractivity contribution >= 4 is 50.9 Å². The minimum absolute atomic E-state index is 0.00398. The van der Waals surface area contributed by atoms with Gasteiger partial charge in [-0.2, -0.15) is 0 Å². The summed E-state index contributed by atoms with van der Waals surface area (Å²) in [6.45, 7) is 10.00. The maximum absolute atomic E-state index is 13.4. The number of hydrogen-bond acceptors (Lipinski definition) is 3. The summed E-state index contributed by atoms with van der Waals surface area (Å²) in [7, 11) is 0. The zero-order chi connectivity index (χ0) is 25.4. The van der Waals surface area contributed by atoms with Crippen molar-refractivity contribution in [3.63, 3.8) is 0 Å². The van der Waals surface area contributed by atoms with Gasteiger partial charge in [0.2, 0.25) is 5.91 Å². The molecule has 0 heterocycles. The standard InChI is InChI=1S/C26H33BrCl2N2O3/c1-6-17(5)30-26(33)23(7-2)31(14-19-8-10-20(28)13-22(19)29)25(32)15-34-24-11-9-18(16(3)4)12-21(24)27/h8-13,16-17,23H,6-7,14-15H2,1-5H3,(H,30,33)/t17-,23-/m0/s1. The molecule has 0 unspecified atom stereocenters. The highest BCUT2D eigenvalue weighted by atomic mass is 79.9. The van der Waals surface area contributed by atoms with Gasteiger partial charge in [-0.15, -0.1) is 0 Å². The molecular formula is C26H33BrCl2N2O3. The molecule has 0 saturated carbocycles. The fraction of sp³-hybridized carbons (Fsp3) is 0.462. The summed E-state index contributed by atoms with van der Waals surface area (Å²) in [5.74, 6) is 0.440. The molecule has 2 aromatic carbocycles. The van der Waals surface area contributed by atoms with E-state index in [1.54, 1.807) is 18.2 Å². The number of benzene rings is 2.